The third-order valence-electron chi connectivity index (χ3n) is 3.08. The summed E-state index contributed by atoms with van der Waals surface area (Å²) in [5.41, 5.74) is 4.94. The van der Waals surface area contributed by atoms with E-state index in [0.29, 0.717) is 13.0 Å². The van der Waals surface area contributed by atoms with Crippen molar-refractivity contribution in [3.63, 3.8) is 0 Å². The highest BCUT2D eigenvalue weighted by Gasteiger charge is 2.15. The Morgan fingerprint density at radius 3 is 2.10 bits per heavy atom. The third-order valence-corrected chi connectivity index (χ3v) is 3.08. The van der Waals surface area contributed by atoms with Crippen LogP contribution in [0.2, 0.25) is 0 Å². The third kappa shape index (κ3) is 5.98. The number of nitrogens with one attached hydrogen (secondary N) is 1. The Kier molecular flexibility index (Phi) is 7.51. The number of carbonyl (C=O) groups excluding carboxylic acids is 1. The van der Waals surface area contributed by atoms with Gasteiger partial charge in [-0.05, 0) is 17.5 Å². The van der Waals surface area contributed by atoms with E-state index >= 15 is 0 Å². The molecule has 112 valence electrons. The fourth-order valence-electron chi connectivity index (χ4n) is 1.94. The number of hydrogen-bond acceptors (Lipinski definition) is 3. The summed E-state index contributed by atoms with van der Waals surface area (Å²) in [6, 6.07) is 19.8. The van der Waals surface area contributed by atoms with Crippen LogP contribution in [0.5, 0.6) is 0 Å². The molecule has 0 aromatic heterocycles. The van der Waals surface area contributed by atoms with Crippen LogP contribution in [0.4, 0.5) is 0 Å². The Morgan fingerprint density at radius 1 is 1.00 bits per heavy atom. The Labute approximate surface area is 131 Å². The molecule has 0 aliphatic carbocycles. The standard InChI is InChI=1S/C17H19NO2.ClH/c1-14(12-15-8-4-2-5-9-15)17(19)20-18-13-16-10-6-3-7-11-16;/h2-11,14,18H,12-13H2,1H3;1H/t14-;/m0./s1. The molecule has 0 fully saturated rings. The van der Waals surface area contributed by atoms with Crippen LogP contribution in [-0.4, -0.2) is 5.97 Å². The van der Waals surface area contributed by atoms with Crippen molar-refractivity contribution in [2.24, 2.45) is 5.92 Å². The van der Waals surface area contributed by atoms with E-state index in [4.69, 9.17) is 4.84 Å². The molecule has 0 heterocycles. The maximum absolute atomic E-state index is 11.9. The van der Waals surface area contributed by atoms with E-state index in [9.17, 15) is 4.79 Å². The zero-order valence-electron chi connectivity index (χ0n) is 12.0. The topological polar surface area (TPSA) is 38.3 Å². The molecule has 0 amide bonds. The maximum atomic E-state index is 11.9. The molecular formula is C17H20ClNO2. The lowest BCUT2D eigenvalue weighted by atomic mass is 10.0. The first-order chi connectivity index (χ1) is 9.75. The molecule has 2 aromatic carbocycles. The van der Waals surface area contributed by atoms with Crippen LogP contribution >= 0.6 is 12.4 Å². The molecule has 1 atom stereocenters. The van der Waals surface area contributed by atoms with Crippen molar-refractivity contribution in [1.29, 1.82) is 0 Å². The van der Waals surface area contributed by atoms with Crippen LogP contribution in [0, 0.1) is 5.92 Å². The van der Waals surface area contributed by atoms with Crippen molar-refractivity contribution in [3.05, 3.63) is 71.8 Å². The molecule has 4 heteroatoms. The normalized spacial score (nSPS) is 11.3. The van der Waals surface area contributed by atoms with Gasteiger partial charge in [-0.1, -0.05) is 67.6 Å². The summed E-state index contributed by atoms with van der Waals surface area (Å²) in [7, 11) is 0. The smallest absolute Gasteiger partial charge is 0.327 e. The van der Waals surface area contributed by atoms with Crippen LogP contribution in [0.15, 0.2) is 60.7 Å². The zero-order chi connectivity index (χ0) is 14.2. The van der Waals surface area contributed by atoms with Crippen molar-refractivity contribution in [2.45, 2.75) is 19.9 Å². The lowest BCUT2D eigenvalue weighted by molar-refractivity contribution is -0.156. The molecule has 3 nitrogen and oxygen atoms in total. The summed E-state index contributed by atoms with van der Waals surface area (Å²) in [5, 5.41) is 0. The number of hydrogen-bond donors (Lipinski definition) is 1. The molecule has 0 aliphatic rings. The number of halogens is 1. The fourth-order valence-corrected chi connectivity index (χ4v) is 1.94. The number of carbonyl (C=O) groups is 1. The van der Waals surface area contributed by atoms with E-state index in [2.05, 4.69) is 5.48 Å². The fraction of sp³-hybridized carbons (Fsp3) is 0.235. The Hall–Kier alpha value is -1.84. The summed E-state index contributed by atoms with van der Waals surface area (Å²) in [6.45, 7) is 2.39. The van der Waals surface area contributed by atoms with Gasteiger partial charge in [0.05, 0.1) is 12.5 Å². The lowest BCUT2D eigenvalue weighted by Crippen LogP contribution is -2.25. The van der Waals surface area contributed by atoms with Crippen LogP contribution in [0.25, 0.3) is 0 Å². The largest absolute Gasteiger partial charge is 0.370 e. The minimum Gasteiger partial charge on any atom is -0.370 e. The molecule has 0 saturated heterocycles. The van der Waals surface area contributed by atoms with Crippen molar-refractivity contribution in [1.82, 2.24) is 5.48 Å². The molecule has 1 N–H and O–H groups in total. The van der Waals surface area contributed by atoms with Crippen molar-refractivity contribution in [2.75, 3.05) is 0 Å². The van der Waals surface area contributed by atoms with Gasteiger partial charge in [-0.2, -0.15) is 0 Å². The van der Waals surface area contributed by atoms with E-state index in [1.807, 2.05) is 67.6 Å². The van der Waals surface area contributed by atoms with E-state index in [-0.39, 0.29) is 24.3 Å². The van der Waals surface area contributed by atoms with Gasteiger partial charge < -0.3 is 4.84 Å². The predicted octanol–water partition coefficient (Wildman–Crippen LogP) is 3.54. The average Bonchev–Trinajstić information content (AvgIpc) is 2.49. The summed E-state index contributed by atoms with van der Waals surface area (Å²) < 4.78 is 0. The number of benzene rings is 2. The van der Waals surface area contributed by atoms with E-state index < -0.39 is 0 Å². The second-order valence-electron chi connectivity index (χ2n) is 4.82. The van der Waals surface area contributed by atoms with Crippen LogP contribution in [0.1, 0.15) is 18.1 Å². The molecule has 0 spiro atoms. The molecule has 2 aromatic rings. The molecule has 0 saturated carbocycles. The minimum absolute atomic E-state index is 0. The van der Waals surface area contributed by atoms with Crippen molar-refractivity contribution >= 4 is 18.4 Å². The van der Waals surface area contributed by atoms with Gasteiger partial charge in [0.15, 0.2) is 0 Å². The van der Waals surface area contributed by atoms with Crippen LogP contribution < -0.4 is 5.48 Å². The molecular weight excluding hydrogens is 286 g/mol. The molecule has 0 aliphatic heterocycles. The van der Waals surface area contributed by atoms with E-state index in [1.165, 1.54) is 0 Å². The highest BCUT2D eigenvalue weighted by Crippen LogP contribution is 2.09. The Bertz CT molecular complexity index is 531. The van der Waals surface area contributed by atoms with Crippen LogP contribution in [-0.2, 0) is 22.6 Å². The molecule has 0 unspecified atom stereocenters. The maximum Gasteiger partial charge on any atom is 0.327 e. The molecule has 21 heavy (non-hydrogen) atoms. The summed E-state index contributed by atoms with van der Waals surface area (Å²) >= 11 is 0. The van der Waals surface area contributed by atoms with Gasteiger partial charge in [-0.15, -0.1) is 17.9 Å². The number of hydroxylamine groups is 1. The van der Waals surface area contributed by atoms with Crippen LogP contribution in [0.3, 0.4) is 0 Å². The van der Waals surface area contributed by atoms with Crippen molar-refractivity contribution in [3.8, 4) is 0 Å². The van der Waals surface area contributed by atoms with Gasteiger partial charge >= 0.3 is 5.97 Å². The average molecular weight is 306 g/mol. The highest BCUT2D eigenvalue weighted by molar-refractivity contribution is 5.85. The minimum atomic E-state index is -0.232. The van der Waals surface area contributed by atoms with E-state index in [1.54, 1.807) is 0 Å². The van der Waals surface area contributed by atoms with Gasteiger partial charge in [-0.25, -0.2) is 0 Å². The number of rotatable bonds is 6. The summed E-state index contributed by atoms with van der Waals surface area (Å²) in [6.07, 6.45) is 0.687. The first-order valence-corrected chi connectivity index (χ1v) is 6.77. The quantitative estimate of drug-likeness (QED) is 0.830. The first-order valence-electron chi connectivity index (χ1n) is 6.77. The van der Waals surface area contributed by atoms with Crippen molar-refractivity contribution < 1.29 is 9.63 Å². The van der Waals surface area contributed by atoms with Gasteiger partial charge in [0.1, 0.15) is 0 Å². The second kappa shape index (κ2) is 9.16. The van der Waals surface area contributed by atoms with Gasteiger partial charge in [0.25, 0.3) is 0 Å². The Morgan fingerprint density at radius 2 is 1.52 bits per heavy atom. The predicted molar refractivity (Wildman–Crippen MR) is 85.9 cm³/mol. The Balaban J connectivity index is 0.00000220. The highest BCUT2D eigenvalue weighted by atomic mass is 35.5. The SMILES string of the molecule is C[C@@H](Cc1ccccc1)C(=O)ONCc1ccccc1.Cl. The summed E-state index contributed by atoms with van der Waals surface area (Å²) in [5.74, 6) is -0.398. The monoisotopic (exact) mass is 305 g/mol. The van der Waals surface area contributed by atoms with Gasteiger partial charge in [0, 0.05) is 0 Å². The van der Waals surface area contributed by atoms with Gasteiger partial charge in [-0.3, -0.25) is 4.79 Å². The molecule has 0 radical (unpaired) electrons. The molecule has 2 rings (SSSR count). The van der Waals surface area contributed by atoms with Gasteiger partial charge in [0.2, 0.25) is 0 Å². The second-order valence-corrected chi connectivity index (χ2v) is 4.82. The first kappa shape index (κ1) is 17.2. The summed E-state index contributed by atoms with van der Waals surface area (Å²) in [4.78, 5) is 16.9. The zero-order valence-corrected chi connectivity index (χ0v) is 12.8. The van der Waals surface area contributed by atoms with E-state index in [0.717, 1.165) is 11.1 Å². The lowest BCUT2D eigenvalue weighted by Gasteiger charge is -2.11. The molecule has 0 bridgehead atoms.